The Bertz CT molecular complexity index is 828. The molecule has 1 aromatic heterocycles. The van der Waals surface area contributed by atoms with Gasteiger partial charge in [-0.15, -0.1) is 0 Å². The summed E-state index contributed by atoms with van der Waals surface area (Å²) in [6.07, 6.45) is 4.69. The van der Waals surface area contributed by atoms with E-state index in [9.17, 15) is 9.59 Å². The molecule has 7 nitrogen and oxygen atoms in total. The molecule has 2 aliphatic heterocycles. The molecule has 28 heavy (non-hydrogen) atoms. The zero-order chi connectivity index (χ0) is 19.5. The standard InChI is InChI=1S/C21H27N5O2/c1-2-24(19-11-13-25(21(19)28)16-7-4-3-5-8-16)20(27)18-10-14-26(23-18)17-9-6-12-22-15-17/h3-5,7-8,10,14,17,19,22H,2,6,9,11-13,15H2,1H3. The highest BCUT2D eigenvalue weighted by Crippen LogP contribution is 2.25. The van der Waals surface area contributed by atoms with Gasteiger partial charge in [0.05, 0.1) is 6.04 Å². The third kappa shape index (κ3) is 3.54. The second-order valence-electron chi connectivity index (χ2n) is 7.40. The van der Waals surface area contributed by atoms with Crippen molar-refractivity contribution in [1.82, 2.24) is 20.0 Å². The number of piperidine rings is 1. The smallest absolute Gasteiger partial charge is 0.275 e. The lowest BCUT2D eigenvalue weighted by molar-refractivity contribution is -0.120. The fourth-order valence-corrected chi connectivity index (χ4v) is 4.19. The molecular weight excluding hydrogens is 354 g/mol. The first kappa shape index (κ1) is 18.7. The van der Waals surface area contributed by atoms with Gasteiger partial charge in [-0.2, -0.15) is 5.10 Å². The summed E-state index contributed by atoms with van der Waals surface area (Å²) in [4.78, 5) is 29.5. The van der Waals surface area contributed by atoms with E-state index in [0.29, 0.717) is 25.2 Å². The molecule has 148 valence electrons. The summed E-state index contributed by atoms with van der Waals surface area (Å²) in [6, 6.07) is 11.3. The van der Waals surface area contributed by atoms with Gasteiger partial charge in [0.25, 0.3) is 5.91 Å². The van der Waals surface area contributed by atoms with Gasteiger partial charge in [-0.05, 0) is 50.9 Å². The molecule has 7 heteroatoms. The van der Waals surface area contributed by atoms with Crippen molar-refractivity contribution < 1.29 is 9.59 Å². The maximum absolute atomic E-state index is 13.1. The molecule has 2 amide bonds. The number of carbonyl (C=O) groups excluding carboxylic acids is 2. The van der Waals surface area contributed by atoms with Crippen molar-refractivity contribution in [2.45, 2.75) is 38.3 Å². The zero-order valence-electron chi connectivity index (χ0n) is 16.3. The van der Waals surface area contributed by atoms with Crippen LogP contribution < -0.4 is 10.2 Å². The van der Waals surface area contributed by atoms with E-state index in [2.05, 4.69) is 10.4 Å². The second kappa shape index (κ2) is 8.14. The number of rotatable bonds is 5. The molecule has 0 saturated carbocycles. The summed E-state index contributed by atoms with van der Waals surface area (Å²) < 4.78 is 1.89. The summed E-state index contributed by atoms with van der Waals surface area (Å²) in [6.45, 7) is 4.93. The molecule has 2 fully saturated rings. The molecule has 2 saturated heterocycles. The van der Waals surface area contributed by atoms with Crippen molar-refractivity contribution >= 4 is 17.5 Å². The van der Waals surface area contributed by atoms with Gasteiger partial charge in [0, 0.05) is 31.5 Å². The Morgan fingerprint density at radius 1 is 1.25 bits per heavy atom. The number of benzene rings is 1. The van der Waals surface area contributed by atoms with Crippen LogP contribution in [-0.2, 0) is 4.79 Å². The van der Waals surface area contributed by atoms with Gasteiger partial charge in [0.2, 0.25) is 5.91 Å². The van der Waals surface area contributed by atoms with Crippen molar-refractivity contribution in [1.29, 1.82) is 0 Å². The monoisotopic (exact) mass is 381 g/mol. The fourth-order valence-electron chi connectivity index (χ4n) is 4.19. The highest BCUT2D eigenvalue weighted by Gasteiger charge is 2.39. The van der Waals surface area contributed by atoms with E-state index in [1.165, 1.54) is 0 Å². The molecule has 0 bridgehead atoms. The van der Waals surface area contributed by atoms with E-state index >= 15 is 0 Å². The van der Waals surface area contributed by atoms with Crippen LogP contribution in [0.25, 0.3) is 0 Å². The number of likely N-dealkylation sites (N-methyl/N-ethyl adjacent to an activating group) is 1. The van der Waals surface area contributed by atoms with E-state index in [0.717, 1.165) is 31.6 Å². The number of hydrogen-bond acceptors (Lipinski definition) is 4. The molecule has 2 aromatic rings. The molecule has 3 heterocycles. The number of nitrogens with one attached hydrogen (secondary N) is 1. The van der Waals surface area contributed by atoms with Crippen molar-refractivity contribution in [3.63, 3.8) is 0 Å². The Morgan fingerprint density at radius 3 is 2.79 bits per heavy atom. The van der Waals surface area contributed by atoms with Gasteiger partial charge in [-0.1, -0.05) is 18.2 Å². The summed E-state index contributed by atoms with van der Waals surface area (Å²) in [5.74, 6) is -0.185. The molecule has 1 N–H and O–H groups in total. The van der Waals surface area contributed by atoms with Crippen LogP contribution >= 0.6 is 0 Å². The predicted molar refractivity (Wildman–Crippen MR) is 107 cm³/mol. The largest absolute Gasteiger partial charge is 0.325 e. The normalized spacial score (nSPS) is 22.5. The summed E-state index contributed by atoms with van der Waals surface area (Å²) >= 11 is 0. The van der Waals surface area contributed by atoms with Crippen molar-refractivity contribution in [3.8, 4) is 0 Å². The van der Waals surface area contributed by atoms with Crippen molar-refractivity contribution in [3.05, 3.63) is 48.3 Å². The molecule has 2 unspecified atom stereocenters. The molecule has 0 aliphatic carbocycles. The first-order valence-corrected chi connectivity index (χ1v) is 10.1. The van der Waals surface area contributed by atoms with Crippen molar-refractivity contribution in [2.24, 2.45) is 0 Å². The van der Waals surface area contributed by atoms with Crippen LogP contribution in [0.2, 0.25) is 0 Å². The molecule has 2 aliphatic rings. The number of anilines is 1. The van der Waals surface area contributed by atoms with E-state index in [1.807, 2.05) is 48.1 Å². The Hall–Kier alpha value is -2.67. The van der Waals surface area contributed by atoms with E-state index in [-0.39, 0.29) is 17.9 Å². The zero-order valence-corrected chi connectivity index (χ0v) is 16.3. The van der Waals surface area contributed by atoms with E-state index < -0.39 is 6.04 Å². The topological polar surface area (TPSA) is 70.5 Å². The SMILES string of the molecule is CCN(C(=O)c1ccn(C2CCCNC2)n1)C1CCN(c2ccccc2)C1=O. The highest BCUT2D eigenvalue weighted by atomic mass is 16.2. The molecule has 0 spiro atoms. The minimum Gasteiger partial charge on any atom is -0.325 e. The predicted octanol–water partition coefficient (Wildman–Crippen LogP) is 2.08. The third-order valence-electron chi connectivity index (χ3n) is 5.70. The number of amides is 2. The van der Waals surface area contributed by atoms with Gasteiger partial charge in [0.1, 0.15) is 11.7 Å². The number of aromatic nitrogens is 2. The van der Waals surface area contributed by atoms with E-state index in [4.69, 9.17) is 0 Å². The summed E-state index contributed by atoms with van der Waals surface area (Å²) in [7, 11) is 0. The van der Waals surface area contributed by atoms with Crippen LogP contribution in [0.4, 0.5) is 5.69 Å². The van der Waals surface area contributed by atoms with Crippen LogP contribution in [-0.4, -0.2) is 58.7 Å². The quantitative estimate of drug-likeness (QED) is 0.861. The third-order valence-corrected chi connectivity index (χ3v) is 5.70. The summed E-state index contributed by atoms with van der Waals surface area (Å²) in [5.41, 5.74) is 1.30. The lowest BCUT2D eigenvalue weighted by Gasteiger charge is -2.26. The van der Waals surface area contributed by atoms with Crippen LogP contribution in [0.3, 0.4) is 0 Å². The first-order valence-electron chi connectivity index (χ1n) is 10.1. The lowest BCUT2D eigenvalue weighted by Crippen LogP contribution is -2.45. The second-order valence-corrected chi connectivity index (χ2v) is 7.40. The van der Waals surface area contributed by atoms with E-state index in [1.54, 1.807) is 15.9 Å². The lowest BCUT2D eigenvalue weighted by atomic mass is 10.1. The van der Waals surface area contributed by atoms with Crippen LogP contribution in [0.5, 0.6) is 0 Å². The van der Waals surface area contributed by atoms with Crippen molar-refractivity contribution in [2.75, 3.05) is 31.1 Å². The Morgan fingerprint density at radius 2 is 2.07 bits per heavy atom. The average Bonchev–Trinajstić information content (AvgIpc) is 3.38. The van der Waals surface area contributed by atoms with Crippen LogP contribution in [0.15, 0.2) is 42.6 Å². The average molecular weight is 381 g/mol. The molecule has 0 radical (unpaired) electrons. The van der Waals surface area contributed by atoms with Gasteiger partial charge in [0.15, 0.2) is 0 Å². The number of carbonyl (C=O) groups is 2. The molecule has 2 atom stereocenters. The maximum Gasteiger partial charge on any atom is 0.275 e. The minimum atomic E-state index is -0.431. The van der Waals surface area contributed by atoms with Crippen LogP contribution in [0, 0.1) is 0 Å². The maximum atomic E-state index is 13.1. The Labute approximate surface area is 165 Å². The summed E-state index contributed by atoms with van der Waals surface area (Å²) in [5, 5.41) is 7.91. The van der Waals surface area contributed by atoms with Crippen LogP contribution in [0.1, 0.15) is 42.7 Å². The first-order chi connectivity index (χ1) is 13.7. The van der Waals surface area contributed by atoms with Gasteiger partial charge in [-0.25, -0.2) is 0 Å². The van der Waals surface area contributed by atoms with Gasteiger partial charge >= 0.3 is 0 Å². The number of para-hydroxylation sites is 1. The Balaban J connectivity index is 1.49. The molecular formula is C21H27N5O2. The molecule has 1 aromatic carbocycles. The minimum absolute atomic E-state index is 0.0164. The highest BCUT2D eigenvalue weighted by molar-refractivity contribution is 6.03. The molecule has 4 rings (SSSR count). The number of hydrogen-bond donors (Lipinski definition) is 1. The van der Waals surface area contributed by atoms with Gasteiger partial charge in [-0.3, -0.25) is 14.3 Å². The fraction of sp³-hybridized carbons (Fsp3) is 0.476. The Kier molecular flexibility index (Phi) is 5.43. The van der Waals surface area contributed by atoms with Gasteiger partial charge < -0.3 is 15.1 Å². The number of nitrogens with zero attached hydrogens (tertiary/aromatic N) is 4.